The van der Waals surface area contributed by atoms with Gasteiger partial charge in [-0.25, -0.2) is 10.1 Å². The first-order valence-electron chi connectivity index (χ1n) is 7.52. The number of aromatic amines is 1. The molecule has 0 saturated heterocycles. The van der Waals surface area contributed by atoms with Gasteiger partial charge in [0.1, 0.15) is 0 Å². The number of carbonyl (C=O) groups excluding carboxylic acids is 1. The van der Waals surface area contributed by atoms with Crippen LogP contribution in [0.15, 0.2) is 64.5 Å². The lowest BCUT2D eigenvalue weighted by atomic mass is 10.2. The number of nitrogens with one attached hydrogen (secondary N) is 2. The summed E-state index contributed by atoms with van der Waals surface area (Å²) in [6.45, 7) is 1.75. The quantitative estimate of drug-likeness (QED) is 0.558. The Morgan fingerprint density at radius 3 is 2.68 bits per heavy atom. The fraction of sp³-hybridized carbons (Fsp3) is 0.0556. The van der Waals surface area contributed by atoms with Crippen molar-refractivity contribution >= 4 is 23.7 Å². The standard InChI is InChI=1S/C18H15ClN4O2/c1-12-16(11-20-21-17(24)13-6-3-2-4-7-13)18(25)23(22-12)15-9-5-8-14(19)10-15/h2-11,22H,1H3,(H,21,24)/b20-11+. The third kappa shape index (κ3) is 3.70. The van der Waals surface area contributed by atoms with Crippen LogP contribution in [0, 0.1) is 6.92 Å². The van der Waals surface area contributed by atoms with E-state index in [9.17, 15) is 9.59 Å². The summed E-state index contributed by atoms with van der Waals surface area (Å²) in [5.41, 5.74) is 4.22. The number of rotatable bonds is 4. The molecule has 0 fully saturated rings. The maximum Gasteiger partial charge on any atom is 0.280 e. The molecule has 1 amide bonds. The van der Waals surface area contributed by atoms with Crippen LogP contribution in [0.3, 0.4) is 0 Å². The Kier molecular flexibility index (Phi) is 4.81. The Morgan fingerprint density at radius 2 is 1.96 bits per heavy atom. The monoisotopic (exact) mass is 354 g/mol. The number of hydrogen-bond acceptors (Lipinski definition) is 3. The van der Waals surface area contributed by atoms with Gasteiger partial charge in [-0.1, -0.05) is 35.9 Å². The highest BCUT2D eigenvalue weighted by Crippen LogP contribution is 2.13. The summed E-state index contributed by atoms with van der Waals surface area (Å²) >= 11 is 5.97. The highest BCUT2D eigenvalue weighted by atomic mass is 35.5. The fourth-order valence-corrected chi connectivity index (χ4v) is 2.50. The van der Waals surface area contributed by atoms with Crippen molar-refractivity contribution in [3.63, 3.8) is 0 Å². The minimum absolute atomic E-state index is 0.280. The topological polar surface area (TPSA) is 79.2 Å². The molecule has 7 heteroatoms. The van der Waals surface area contributed by atoms with Crippen molar-refractivity contribution < 1.29 is 4.79 Å². The van der Waals surface area contributed by atoms with Crippen molar-refractivity contribution in [2.24, 2.45) is 5.10 Å². The molecule has 6 nitrogen and oxygen atoms in total. The van der Waals surface area contributed by atoms with Crippen LogP contribution >= 0.6 is 11.6 Å². The highest BCUT2D eigenvalue weighted by molar-refractivity contribution is 6.30. The molecule has 25 heavy (non-hydrogen) atoms. The molecule has 126 valence electrons. The Hall–Kier alpha value is -3.12. The molecule has 0 saturated carbocycles. The number of amides is 1. The second-order valence-corrected chi connectivity index (χ2v) is 5.77. The summed E-state index contributed by atoms with van der Waals surface area (Å²) in [5.74, 6) is -0.347. The molecule has 0 atom stereocenters. The number of carbonyl (C=O) groups is 1. The van der Waals surface area contributed by atoms with Gasteiger partial charge in [-0.05, 0) is 37.3 Å². The molecule has 1 aromatic heterocycles. The van der Waals surface area contributed by atoms with E-state index in [0.717, 1.165) is 0 Å². The molecule has 0 radical (unpaired) electrons. The molecule has 3 aromatic rings. The normalized spacial score (nSPS) is 11.0. The van der Waals surface area contributed by atoms with Crippen LogP contribution in [0.5, 0.6) is 0 Å². The lowest BCUT2D eigenvalue weighted by Crippen LogP contribution is -2.20. The van der Waals surface area contributed by atoms with Gasteiger partial charge < -0.3 is 0 Å². The van der Waals surface area contributed by atoms with E-state index in [0.29, 0.717) is 27.5 Å². The lowest BCUT2D eigenvalue weighted by Gasteiger charge is -2.01. The molecule has 0 unspecified atom stereocenters. The van der Waals surface area contributed by atoms with Crippen LogP contribution in [-0.4, -0.2) is 21.9 Å². The molecule has 2 aromatic carbocycles. The van der Waals surface area contributed by atoms with Gasteiger partial charge in [0.25, 0.3) is 11.5 Å². The molecule has 0 aliphatic carbocycles. The van der Waals surface area contributed by atoms with Gasteiger partial charge in [0.05, 0.1) is 17.5 Å². The van der Waals surface area contributed by atoms with E-state index >= 15 is 0 Å². The van der Waals surface area contributed by atoms with E-state index in [2.05, 4.69) is 15.6 Å². The van der Waals surface area contributed by atoms with Crippen LogP contribution in [0.25, 0.3) is 5.69 Å². The van der Waals surface area contributed by atoms with Gasteiger partial charge in [-0.2, -0.15) is 5.10 Å². The predicted octanol–water partition coefficient (Wildman–Crippen LogP) is 2.89. The second-order valence-electron chi connectivity index (χ2n) is 5.34. The minimum atomic E-state index is -0.347. The molecule has 2 N–H and O–H groups in total. The van der Waals surface area contributed by atoms with Crippen molar-refractivity contribution in [1.82, 2.24) is 15.2 Å². The zero-order valence-corrected chi connectivity index (χ0v) is 14.1. The van der Waals surface area contributed by atoms with Gasteiger partial charge in [0.2, 0.25) is 0 Å². The number of hydrogen-bond donors (Lipinski definition) is 2. The van der Waals surface area contributed by atoms with Crippen LogP contribution in [0.4, 0.5) is 0 Å². The number of H-pyrrole nitrogens is 1. The molecule has 0 aliphatic heterocycles. The number of benzene rings is 2. The second kappa shape index (κ2) is 7.19. The van der Waals surface area contributed by atoms with Crippen molar-refractivity contribution in [2.75, 3.05) is 0 Å². The number of aryl methyl sites for hydroxylation is 1. The van der Waals surface area contributed by atoms with Crippen molar-refractivity contribution in [3.05, 3.63) is 86.8 Å². The zero-order valence-electron chi connectivity index (χ0n) is 13.4. The van der Waals surface area contributed by atoms with E-state index in [1.807, 2.05) is 6.07 Å². The molecule has 0 aliphatic rings. The maximum atomic E-state index is 12.5. The Morgan fingerprint density at radius 1 is 1.20 bits per heavy atom. The van der Waals surface area contributed by atoms with Gasteiger partial charge >= 0.3 is 0 Å². The van der Waals surface area contributed by atoms with Crippen LogP contribution in [0.2, 0.25) is 5.02 Å². The van der Waals surface area contributed by atoms with Crippen LogP contribution < -0.4 is 11.0 Å². The Bertz CT molecular complexity index is 990. The maximum absolute atomic E-state index is 12.5. The number of halogens is 1. The summed E-state index contributed by atoms with van der Waals surface area (Å²) in [5, 5.41) is 7.38. The lowest BCUT2D eigenvalue weighted by molar-refractivity contribution is 0.0955. The summed E-state index contributed by atoms with van der Waals surface area (Å²) in [6, 6.07) is 15.6. The predicted molar refractivity (Wildman–Crippen MR) is 97.6 cm³/mol. The first-order valence-corrected chi connectivity index (χ1v) is 7.90. The van der Waals surface area contributed by atoms with Crippen molar-refractivity contribution in [3.8, 4) is 5.69 Å². The first kappa shape index (κ1) is 16.7. The third-order valence-corrected chi connectivity index (χ3v) is 3.81. The summed E-state index contributed by atoms with van der Waals surface area (Å²) in [7, 11) is 0. The van der Waals surface area contributed by atoms with E-state index < -0.39 is 0 Å². The van der Waals surface area contributed by atoms with Crippen molar-refractivity contribution in [2.45, 2.75) is 6.92 Å². The first-order chi connectivity index (χ1) is 12.1. The molecular weight excluding hydrogens is 340 g/mol. The van der Waals surface area contributed by atoms with Gasteiger partial charge in [-0.3, -0.25) is 14.7 Å². The summed E-state index contributed by atoms with van der Waals surface area (Å²) in [6.07, 6.45) is 1.33. The van der Waals surface area contributed by atoms with E-state index in [1.54, 1.807) is 55.5 Å². The van der Waals surface area contributed by atoms with E-state index in [4.69, 9.17) is 11.6 Å². The van der Waals surface area contributed by atoms with Crippen LogP contribution in [0.1, 0.15) is 21.6 Å². The largest absolute Gasteiger partial charge is 0.295 e. The average molecular weight is 355 g/mol. The minimum Gasteiger partial charge on any atom is -0.295 e. The van der Waals surface area contributed by atoms with Gasteiger partial charge in [-0.15, -0.1) is 0 Å². The van der Waals surface area contributed by atoms with Crippen molar-refractivity contribution in [1.29, 1.82) is 0 Å². The van der Waals surface area contributed by atoms with Gasteiger partial charge in [0.15, 0.2) is 0 Å². The average Bonchev–Trinajstić information content (AvgIpc) is 2.90. The van der Waals surface area contributed by atoms with E-state index in [-0.39, 0.29) is 11.5 Å². The Labute approximate surface area is 148 Å². The smallest absolute Gasteiger partial charge is 0.280 e. The molecule has 0 spiro atoms. The Balaban J connectivity index is 1.82. The van der Waals surface area contributed by atoms with E-state index in [1.165, 1.54) is 10.9 Å². The highest BCUT2D eigenvalue weighted by Gasteiger charge is 2.11. The SMILES string of the molecule is Cc1[nH]n(-c2cccc(Cl)c2)c(=O)c1/C=N/NC(=O)c1ccccc1. The third-order valence-electron chi connectivity index (χ3n) is 3.58. The number of aromatic nitrogens is 2. The molecule has 3 rings (SSSR count). The number of nitrogens with zero attached hydrogens (tertiary/aromatic N) is 2. The number of hydrazone groups is 1. The summed E-state index contributed by atoms with van der Waals surface area (Å²) < 4.78 is 1.38. The fourth-order valence-electron chi connectivity index (χ4n) is 2.32. The molecular formula is C18H15ClN4O2. The van der Waals surface area contributed by atoms with Crippen LogP contribution in [-0.2, 0) is 0 Å². The molecule has 1 heterocycles. The van der Waals surface area contributed by atoms with Gasteiger partial charge in [0, 0.05) is 16.3 Å². The zero-order chi connectivity index (χ0) is 17.8. The summed E-state index contributed by atoms with van der Waals surface area (Å²) in [4.78, 5) is 24.5. The molecule has 0 bridgehead atoms.